The highest BCUT2D eigenvalue weighted by Crippen LogP contribution is 2.38. The first kappa shape index (κ1) is 19.4. The molecule has 24 heavy (non-hydrogen) atoms. The van der Waals surface area contributed by atoms with Gasteiger partial charge in [0, 0.05) is 25.1 Å². The Labute approximate surface area is 160 Å². The van der Waals surface area contributed by atoms with Crippen molar-refractivity contribution in [1.82, 2.24) is 20.8 Å². The average Bonchev–Trinajstić information content (AvgIpc) is 3.29. The minimum Gasteiger partial charge on any atom is -0.376 e. The zero-order chi connectivity index (χ0) is 16.1. The monoisotopic (exact) mass is 449 g/mol. The molecular weight excluding hydrogens is 421 g/mol. The van der Waals surface area contributed by atoms with Gasteiger partial charge >= 0.3 is 0 Å². The minimum absolute atomic E-state index is 0. The second-order valence-corrected chi connectivity index (χ2v) is 6.65. The van der Waals surface area contributed by atoms with Crippen LogP contribution in [0.3, 0.4) is 0 Å². The van der Waals surface area contributed by atoms with Gasteiger partial charge in [-0.1, -0.05) is 5.16 Å². The normalized spacial score (nSPS) is 21.5. The number of hydrogen-bond acceptors (Lipinski definition) is 5. The Morgan fingerprint density at radius 2 is 2.12 bits per heavy atom. The summed E-state index contributed by atoms with van der Waals surface area (Å²) in [4.78, 5) is 8.96. The second-order valence-electron chi connectivity index (χ2n) is 6.65. The van der Waals surface area contributed by atoms with Crippen molar-refractivity contribution in [2.75, 3.05) is 13.2 Å². The molecule has 0 amide bonds. The van der Waals surface area contributed by atoms with Gasteiger partial charge in [0.1, 0.15) is 6.54 Å². The van der Waals surface area contributed by atoms with Crippen LogP contribution in [0.1, 0.15) is 63.6 Å². The number of halogens is 1. The molecule has 1 aromatic heterocycles. The maximum atomic E-state index is 5.75. The predicted octanol–water partition coefficient (Wildman–Crippen LogP) is 2.58. The minimum atomic E-state index is 0. The van der Waals surface area contributed by atoms with E-state index in [0.29, 0.717) is 24.4 Å². The molecule has 1 atom stereocenters. The molecule has 136 valence electrons. The van der Waals surface area contributed by atoms with Crippen LogP contribution in [-0.2, 0) is 11.3 Å². The molecule has 2 fully saturated rings. The summed E-state index contributed by atoms with van der Waals surface area (Å²) in [5.74, 6) is 2.68. The van der Waals surface area contributed by atoms with Crippen molar-refractivity contribution in [3.05, 3.63) is 11.7 Å². The molecule has 0 radical (unpaired) electrons. The van der Waals surface area contributed by atoms with E-state index in [4.69, 9.17) is 9.26 Å². The molecule has 2 N–H and O–H groups in total. The van der Waals surface area contributed by atoms with Crippen LogP contribution < -0.4 is 10.6 Å². The molecule has 2 aliphatic rings. The lowest BCUT2D eigenvalue weighted by Crippen LogP contribution is -2.45. The third kappa shape index (κ3) is 6.19. The molecule has 1 aliphatic carbocycles. The van der Waals surface area contributed by atoms with Gasteiger partial charge in [-0.05, 0) is 46.0 Å². The summed E-state index contributed by atoms with van der Waals surface area (Å²) >= 11 is 0. The molecule has 7 nitrogen and oxygen atoms in total. The Hall–Kier alpha value is -0.900. The molecule has 1 aliphatic heterocycles. The highest BCUT2D eigenvalue weighted by molar-refractivity contribution is 14.0. The van der Waals surface area contributed by atoms with Crippen molar-refractivity contribution < 1.29 is 9.26 Å². The van der Waals surface area contributed by atoms with Crippen LogP contribution >= 0.6 is 24.0 Å². The first-order chi connectivity index (χ1) is 11.2. The summed E-state index contributed by atoms with van der Waals surface area (Å²) in [6, 6.07) is 0.304. The van der Waals surface area contributed by atoms with Crippen LogP contribution in [0.4, 0.5) is 0 Å². The van der Waals surface area contributed by atoms with E-state index in [1.165, 1.54) is 25.7 Å². The van der Waals surface area contributed by atoms with E-state index in [0.717, 1.165) is 31.4 Å². The third-order valence-corrected chi connectivity index (χ3v) is 4.00. The van der Waals surface area contributed by atoms with Gasteiger partial charge in [-0.3, -0.25) is 0 Å². The molecule has 1 aromatic rings. The molecule has 1 unspecified atom stereocenters. The Balaban J connectivity index is 0.00000208. The van der Waals surface area contributed by atoms with E-state index in [1.54, 1.807) is 0 Å². The summed E-state index contributed by atoms with van der Waals surface area (Å²) in [5.41, 5.74) is 0. The molecule has 2 heterocycles. The van der Waals surface area contributed by atoms with Gasteiger partial charge in [-0.25, -0.2) is 4.99 Å². The summed E-state index contributed by atoms with van der Waals surface area (Å²) < 4.78 is 11.0. The molecule has 3 rings (SSSR count). The number of aliphatic imine (C=N–C) groups is 1. The number of guanidine groups is 1. The highest BCUT2D eigenvalue weighted by atomic mass is 127. The van der Waals surface area contributed by atoms with Gasteiger partial charge in [0.15, 0.2) is 11.8 Å². The number of nitrogens with zero attached hydrogens (tertiary/aromatic N) is 3. The lowest BCUT2D eigenvalue weighted by Gasteiger charge is -2.24. The SMILES string of the molecule is CC(C)NC(=NCc1nc(C2CC2)no1)NCC1CCCCO1.I. The van der Waals surface area contributed by atoms with E-state index < -0.39 is 0 Å². The predicted molar refractivity (Wildman–Crippen MR) is 103 cm³/mol. The molecule has 0 aromatic carbocycles. The van der Waals surface area contributed by atoms with Gasteiger partial charge in [0.05, 0.1) is 6.10 Å². The van der Waals surface area contributed by atoms with Crippen molar-refractivity contribution in [3.63, 3.8) is 0 Å². The fourth-order valence-corrected chi connectivity index (χ4v) is 2.59. The third-order valence-electron chi connectivity index (χ3n) is 4.00. The summed E-state index contributed by atoms with van der Waals surface area (Å²) in [6.07, 6.45) is 6.13. The Morgan fingerprint density at radius 3 is 2.79 bits per heavy atom. The maximum Gasteiger partial charge on any atom is 0.248 e. The second kappa shape index (κ2) is 9.55. The number of rotatable bonds is 6. The maximum absolute atomic E-state index is 5.75. The Morgan fingerprint density at radius 1 is 1.29 bits per heavy atom. The van der Waals surface area contributed by atoms with Crippen LogP contribution in [0.15, 0.2) is 9.52 Å². The average molecular weight is 449 g/mol. The number of hydrogen-bond donors (Lipinski definition) is 2. The molecule has 0 bridgehead atoms. The molecular formula is C16H28IN5O2. The lowest BCUT2D eigenvalue weighted by molar-refractivity contribution is 0.0194. The summed E-state index contributed by atoms with van der Waals surface area (Å²) in [7, 11) is 0. The first-order valence-electron chi connectivity index (χ1n) is 8.69. The van der Waals surface area contributed by atoms with Gasteiger partial charge in [-0.15, -0.1) is 24.0 Å². The van der Waals surface area contributed by atoms with Crippen LogP contribution in [0.2, 0.25) is 0 Å². The molecule has 8 heteroatoms. The number of ether oxygens (including phenoxy) is 1. The number of aromatic nitrogens is 2. The van der Waals surface area contributed by atoms with Gasteiger partial charge in [0.2, 0.25) is 5.89 Å². The Kier molecular flexibility index (Phi) is 7.73. The van der Waals surface area contributed by atoms with Gasteiger partial charge in [0.25, 0.3) is 0 Å². The van der Waals surface area contributed by atoms with E-state index in [1.807, 2.05) is 0 Å². The van der Waals surface area contributed by atoms with Crippen LogP contribution in [0.5, 0.6) is 0 Å². The molecule has 1 saturated heterocycles. The van der Waals surface area contributed by atoms with Crippen molar-refractivity contribution >= 4 is 29.9 Å². The van der Waals surface area contributed by atoms with Gasteiger partial charge < -0.3 is 19.9 Å². The van der Waals surface area contributed by atoms with Crippen LogP contribution in [0.25, 0.3) is 0 Å². The topological polar surface area (TPSA) is 84.6 Å². The van der Waals surface area contributed by atoms with Crippen molar-refractivity contribution in [1.29, 1.82) is 0 Å². The highest BCUT2D eigenvalue weighted by Gasteiger charge is 2.28. The quantitative estimate of drug-likeness (QED) is 0.395. The standard InChI is InChI=1S/C16H27N5O2.HI/c1-11(2)19-16(17-9-13-5-3-4-8-22-13)18-10-14-20-15(21-23-14)12-6-7-12;/h11-13H,3-10H2,1-2H3,(H2,17,18,19);1H. The molecule has 1 saturated carbocycles. The van der Waals surface area contributed by atoms with Crippen molar-refractivity contribution in [2.24, 2.45) is 4.99 Å². The molecule has 0 spiro atoms. The zero-order valence-electron chi connectivity index (χ0n) is 14.5. The summed E-state index contributed by atoms with van der Waals surface area (Å²) in [6.45, 7) is 6.21. The van der Waals surface area contributed by atoms with E-state index in [2.05, 4.69) is 39.6 Å². The van der Waals surface area contributed by atoms with E-state index in [-0.39, 0.29) is 30.1 Å². The van der Waals surface area contributed by atoms with Crippen molar-refractivity contribution in [2.45, 2.75) is 70.6 Å². The first-order valence-corrected chi connectivity index (χ1v) is 8.69. The van der Waals surface area contributed by atoms with Crippen molar-refractivity contribution in [3.8, 4) is 0 Å². The smallest absolute Gasteiger partial charge is 0.248 e. The fourth-order valence-electron chi connectivity index (χ4n) is 2.59. The largest absolute Gasteiger partial charge is 0.376 e. The van der Waals surface area contributed by atoms with Gasteiger partial charge in [-0.2, -0.15) is 4.98 Å². The van der Waals surface area contributed by atoms with Crippen LogP contribution in [-0.4, -0.2) is 41.4 Å². The fraction of sp³-hybridized carbons (Fsp3) is 0.812. The number of nitrogens with one attached hydrogen (secondary N) is 2. The summed E-state index contributed by atoms with van der Waals surface area (Å²) in [5, 5.41) is 10.7. The Bertz CT molecular complexity index is 524. The zero-order valence-corrected chi connectivity index (χ0v) is 16.8. The lowest BCUT2D eigenvalue weighted by atomic mass is 10.1. The van der Waals surface area contributed by atoms with Crippen LogP contribution in [0, 0.1) is 0 Å². The van der Waals surface area contributed by atoms with E-state index >= 15 is 0 Å². The van der Waals surface area contributed by atoms with E-state index in [9.17, 15) is 0 Å².